The molecule has 1 N–H and O–H groups in total. The summed E-state index contributed by atoms with van der Waals surface area (Å²) < 4.78 is 13.2. The highest BCUT2D eigenvalue weighted by Crippen LogP contribution is 2.36. The number of benzene rings is 2. The van der Waals surface area contributed by atoms with Crippen LogP contribution < -0.4 is 4.90 Å². The largest absolute Gasteiger partial charge is 0.349 e. The summed E-state index contributed by atoms with van der Waals surface area (Å²) in [5, 5.41) is 8.26. The van der Waals surface area contributed by atoms with E-state index >= 15 is 0 Å². The van der Waals surface area contributed by atoms with E-state index in [1.807, 2.05) is 12.1 Å². The Balaban J connectivity index is 1.64. The zero-order valence-corrected chi connectivity index (χ0v) is 14.1. The summed E-state index contributed by atoms with van der Waals surface area (Å²) in [7, 11) is 0. The lowest BCUT2D eigenvalue weighted by atomic mass is 10.0. The van der Waals surface area contributed by atoms with E-state index < -0.39 is 0 Å². The first kappa shape index (κ1) is 15.0. The second-order valence-electron chi connectivity index (χ2n) is 6.60. The van der Waals surface area contributed by atoms with Gasteiger partial charge in [0.05, 0.1) is 17.4 Å². The quantitative estimate of drug-likeness (QED) is 0.570. The van der Waals surface area contributed by atoms with E-state index in [0.717, 1.165) is 45.6 Å². The maximum absolute atomic E-state index is 13.2. The van der Waals surface area contributed by atoms with Crippen molar-refractivity contribution in [2.24, 2.45) is 0 Å². The molecule has 4 aromatic rings. The average molecular weight is 345 g/mol. The molecule has 2 aromatic heterocycles. The molecule has 0 bridgehead atoms. The lowest BCUT2D eigenvalue weighted by molar-refractivity contribution is 0.628. The van der Waals surface area contributed by atoms with Crippen LogP contribution in [-0.2, 0) is 0 Å². The summed E-state index contributed by atoms with van der Waals surface area (Å²) in [4.78, 5) is 11.1. The molecule has 5 nitrogen and oxygen atoms in total. The summed E-state index contributed by atoms with van der Waals surface area (Å²) in [5.74, 6) is 0.714. The van der Waals surface area contributed by atoms with E-state index in [-0.39, 0.29) is 5.82 Å². The molecule has 0 radical (unpaired) electrons. The van der Waals surface area contributed by atoms with Crippen LogP contribution in [0.4, 0.5) is 10.2 Å². The number of nitrogens with one attached hydrogen (secondary N) is 1. The van der Waals surface area contributed by atoms with E-state index in [1.165, 1.54) is 12.1 Å². The number of halogens is 1. The summed E-state index contributed by atoms with van der Waals surface area (Å²) in [6, 6.07) is 13.1. The standard InChI is InChI=1S/C20H16FN5/c1-12-10-26(12)20-16-8-14(4-7-18(16)22-11-23-20)17-9-24-25-19(17)13-2-5-15(21)6-3-13/h2-9,11-12H,10H2,1H3,(H,24,25). The number of aromatic nitrogens is 4. The molecule has 1 atom stereocenters. The topological polar surface area (TPSA) is 57.5 Å². The number of hydrogen-bond acceptors (Lipinski definition) is 4. The Hall–Kier alpha value is -3.28. The van der Waals surface area contributed by atoms with Crippen LogP contribution in [0.15, 0.2) is 55.0 Å². The number of aromatic amines is 1. The van der Waals surface area contributed by atoms with Crippen LogP contribution >= 0.6 is 0 Å². The van der Waals surface area contributed by atoms with Crippen molar-refractivity contribution in [2.75, 3.05) is 11.4 Å². The monoisotopic (exact) mass is 345 g/mol. The number of fused-ring (bicyclic) bond motifs is 1. The van der Waals surface area contributed by atoms with E-state index in [4.69, 9.17) is 0 Å². The fraction of sp³-hybridized carbons (Fsp3) is 0.150. The summed E-state index contributed by atoms with van der Waals surface area (Å²) >= 11 is 0. The van der Waals surface area contributed by atoms with Crippen LogP contribution in [0.3, 0.4) is 0 Å². The zero-order valence-electron chi connectivity index (χ0n) is 14.1. The molecule has 6 heteroatoms. The second-order valence-corrected chi connectivity index (χ2v) is 6.60. The summed E-state index contributed by atoms with van der Waals surface area (Å²) in [6.07, 6.45) is 3.41. The predicted octanol–water partition coefficient (Wildman–Crippen LogP) is 4.03. The molecular weight excluding hydrogens is 329 g/mol. The highest BCUT2D eigenvalue weighted by molar-refractivity contribution is 5.95. The third-order valence-electron chi connectivity index (χ3n) is 4.83. The molecule has 5 rings (SSSR count). The number of H-pyrrole nitrogens is 1. The third-order valence-corrected chi connectivity index (χ3v) is 4.83. The second kappa shape index (κ2) is 5.62. The molecule has 0 saturated carbocycles. The van der Waals surface area contributed by atoms with Crippen LogP contribution in [0.2, 0.25) is 0 Å². The van der Waals surface area contributed by atoms with Gasteiger partial charge in [0.1, 0.15) is 18.0 Å². The first-order valence-corrected chi connectivity index (χ1v) is 8.52. The summed E-state index contributed by atoms with van der Waals surface area (Å²) in [6.45, 7) is 3.20. The van der Waals surface area contributed by atoms with Gasteiger partial charge < -0.3 is 4.90 Å². The van der Waals surface area contributed by atoms with E-state index in [9.17, 15) is 4.39 Å². The van der Waals surface area contributed by atoms with Crippen molar-refractivity contribution >= 4 is 16.7 Å². The van der Waals surface area contributed by atoms with Crippen molar-refractivity contribution in [3.05, 3.63) is 60.8 Å². The lowest BCUT2D eigenvalue weighted by Gasteiger charge is -2.09. The van der Waals surface area contributed by atoms with Gasteiger partial charge in [-0.3, -0.25) is 5.10 Å². The van der Waals surface area contributed by atoms with Crippen LogP contribution in [-0.4, -0.2) is 32.8 Å². The van der Waals surface area contributed by atoms with Gasteiger partial charge in [0.15, 0.2) is 0 Å². The van der Waals surface area contributed by atoms with Gasteiger partial charge in [-0.05, 0) is 48.9 Å². The van der Waals surface area contributed by atoms with Crippen molar-refractivity contribution in [1.29, 1.82) is 0 Å². The van der Waals surface area contributed by atoms with E-state index in [1.54, 1.807) is 24.7 Å². The molecule has 1 unspecified atom stereocenters. The maximum Gasteiger partial charge on any atom is 0.140 e. The van der Waals surface area contributed by atoms with Gasteiger partial charge in [-0.25, -0.2) is 14.4 Å². The Morgan fingerprint density at radius 1 is 1.08 bits per heavy atom. The Kier molecular flexibility index (Phi) is 3.25. The van der Waals surface area contributed by atoms with Gasteiger partial charge in [-0.15, -0.1) is 0 Å². The highest BCUT2D eigenvalue weighted by Gasteiger charge is 2.31. The molecule has 1 saturated heterocycles. The normalized spacial score (nSPS) is 16.2. The van der Waals surface area contributed by atoms with Gasteiger partial charge in [0, 0.05) is 29.1 Å². The van der Waals surface area contributed by atoms with Crippen LogP contribution in [0.25, 0.3) is 33.3 Å². The molecule has 1 aliphatic heterocycles. The Bertz CT molecular complexity index is 1100. The van der Waals surface area contributed by atoms with Crippen LogP contribution in [0, 0.1) is 5.82 Å². The Morgan fingerprint density at radius 3 is 2.62 bits per heavy atom. The van der Waals surface area contributed by atoms with Crippen molar-refractivity contribution in [3.8, 4) is 22.4 Å². The highest BCUT2D eigenvalue weighted by atomic mass is 19.1. The van der Waals surface area contributed by atoms with Crippen molar-refractivity contribution < 1.29 is 4.39 Å². The molecule has 3 heterocycles. The molecule has 2 aromatic carbocycles. The molecule has 1 fully saturated rings. The van der Waals surface area contributed by atoms with Crippen molar-refractivity contribution in [1.82, 2.24) is 20.2 Å². The summed E-state index contributed by atoms with van der Waals surface area (Å²) in [5.41, 5.74) is 4.67. The van der Waals surface area contributed by atoms with Gasteiger partial charge >= 0.3 is 0 Å². The molecule has 26 heavy (non-hydrogen) atoms. The Morgan fingerprint density at radius 2 is 1.85 bits per heavy atom. The predicted molar refractivity (Wildman–Crippen MR) is 99.3 cm³/mol. The minimum atomic E-state index is -0.255. The number of rotatable bonds is 3. The van der Waals surface area contributed by atoms with Gasteiger partial charge in [0.2, 0.25) is 0 Å². The van der Waals surface area contributed by atoms with Gasteiger partial charge in [0.25, 0.3) is 0 Å². The first-order chi connectivity index (χ1) is 12.7. The molecule has 0 spiro atoms. The Labute approximate surface area is 149 Å². The third kappa shape index (κ3) is 2.42. The molecule has 0 aliphatic carbocycles. The maximum atomic E-state index is 13.2. The average Bonchev–Trinajstić information content (AvgIpc) is 3.18. The van der Waals surface area contributed by atoms with Crippen LogP contribution in [0.5, 0.6) is 0 Å². The first-order valence-electron chi connectivity index (χ1n) is 8.52. The number of nitrogens with zero attached hydrogens (tertiary/aromatic N) is 4. The van der Waals surface area contributed by atoms with E-state index in [0.29, 0.717) is 6.04 Å². The molecular formula is C20H16FN5. The lowest BCUT2D eigenvalue weighted by Crippen LogP contribution is -2.00. The minimum absolute atomic E-state index is 0.255. The number of anilines is 1. The fourth-order valence-electron chi connectivity index (χ4n) is 3.31. The van der Waals surface area contributed by atoms with Crippen molar-refractivity contribution in [2.45, 2.75) is 13.0 Å². The smallest absolute Gasteiger partial charge is 0.140 e. The fourth-order valence-corrected chi connectivity index (χ4v) is 3.31. The van der Waals surface area contributed by atoms with Crippen molar-refractivity contribution in [3.63, 3.8) is 0 Å². The molecule has 128 valence electrons. The SMILES string of the molecule is CC1CN1c1ncnc2ccc(-c3cn[nH]c3-c3ccc(F)cc3)cc12. The van der Waals surface area contributed by atoms with Gasteiger partial charge in [-0.1, -0.05) is 6.07 Å². The van der Waals surface area contributed by atoms with E-state index in [2.05, 4.69) is 38.1 Å². The molecule has 1 aliphatic rings. The van der Waals surface area contributed by atoms with Crippen LogP contribution in [0.1, 0.15) is 6.92 Å². The van der Waals surface area contributed by atoms with Gasteiger partial charge in [-0.2, -0.15) is 5.10 Å². The zero-order chi connectivity index (χ0) is 17.7. The minimum Gasteiger partial charge on any atom is -0.349 e. The molecule has 0 amide bonds. The number of hydrogen-bond donors (Lipinski definition) is 1.